The predicted molar refractivity (Wildman–Crippen MR) is 92.3 cm³/mol. The van der Waals surface area contributed by atoms with E-state index >= 15 is 0 Å². The number of Topliss-reactive ketones (excluding diaryl/α,β-unsaturated/α-hetero) is 1. The smallest absolute Gasteiger partial charge is 0.290 e. The van der Waals surface area contributed by atoms with Gasteiger partial charge in [0.2, 0.25) is 11.7 Å². The summed E-state index contributed by atoms with van der Waals surface area (Å²) in [5.74, 6) is -1.03. The molecule has 1 saturated heterocycles. The number of carbonyl (C=O) groups excluding carboxylic acids is 3. The average Bonchev–Trinajstić information content (AvgIpc) is 2.77. The van der Waals surface area contributed by atoms with Crippen LogP contribution in [0.25, 0.3) is 0 Å². The van der Waals surface area contributed by atoms with Crippen LogP contribution < -0.4 is 0 Å². The Labute approximate surface area is 143 Å². The van der Waals surface area contributed by atoms with Crippen molar-refractivity contribution in [3.8, 4) is 0 Å². The fourth-order valence-electron chi connectivity index (χ4n) is 2.78. The highest BCUT2D eigenvalue weighted by atomic mass is 16.2. The van der Waals surface area contributed by atoms with E-state index < -0.39 is 5.91 Å². The number of hydrogen-bond donors (Lipinski definition) is 0. The van der Waals surface area contributed by atoms with Gasteiger partial charge in [0.25, 0.3) is 5.91 Å². The zero-order valence-corrected chi connectivity index (χ0v) is 14.7. The van der Waals surface area contributed by atoms with Gasteiger partial charge in [0, 0.05) is 38.5 Å². The quantitative estimate of drug-likeness (QED) is 0.778. The Bertz CT molecular complexity index is 627. The summed E-state index contributed by atoms with van der Waals surface area (Å²) in [4.78, 5) is 40.1. The number of hydrogen-bond acceptors (Lipinski definition) is 3. The molecule has 0 N–H and O–H groups in total. The Hall–Kier alpha value is -2.17. The molecular weight excluding hydrogens is 304 g/mol. The lowest BCUT2D eigenvalue weighted by Gasteiger charge is -2.23. The van der Waals surface area contributed by atoms with E-state index in [0.29, 0.717) is 32.6 Å². The first-order valence-corrected chi connectivity index (χ1v) is 8.59. The molecule has 0 saturated carbocycles. The standard InChI is InChI=1S/C19H26N2O3/c1-4-14(2)18(23)19(24)20-10-9-17(22)21(12-11-20)13-16-8-6-5-7-15(16)3/h5-8,14H,4,9-13H2,1-3H3. The highest BCUT2D eigenvalue weighted by Gasteiger charge is 2.29. The molecule has 0 aromatic heterocycles. The molecule has 0 radical (unpaired) electrons. The molecule has 0 spiro atoms. The van der Waals surface area contributed by atoms with Crippen LogP contribution in [0.3, 0.4) is 0 Å². The number of amides is 2. The summed E-state index contributed by atoms with van der Waals surface area (Å²) in [6.45, 7) is 7.44. The van der Waals surface area contributed by atoms with Gasteiger partial charge in [-0.15, -0.1) is 0 Å². The van der Waals surface area contributed by atoms with Gasteiger partial charge in [-0.3, -0.25) is 14.4 Å². The highest BCUT2D eigenvalue weighted by Crippen LogP contribution is 2.14. The molecule has 1 atom stereocenters. The second-order valence-corrected chi connectivity index (χ2v) is 6.46. The third kappa shape index (κ3) is 4.22. The minimum absolute atomic E-state index is 0.0320. The van der Waals surface area contributed by atoms with Crippen LogP contribution in [0.4, 0.5) is 0 Å². The molecular formula is C19H26N2O3. The van der Waals surface area contributed by atoms with Crippen LogP contribution in [0.15, 0.2) is 24.3 Å². The van der Waals surface area contributed by atoms with Gasteiger partial charge in [-0.1, -0.05) is 38.1 Å². The Morgan fingerprint density at radius 3 is 2.54 bits per heavy atom. The molecule has 1 fully saturated rings. The third-order valence-corrected chi connectivity index (χ3v) is 4.77. The molecule has 1 heterocycles. The van der Waals surface area contributed by atoms with Gasteiger partial charge < -0.3 is 9.80 Å². The van der Waals surface area contributed by atoms with E-state index in [0.717, 1.165) is 11.1 Å². The van der Waals surface area contributed by atoms with E-state index in [2.05, 4.69) is 0 Å². The number of carbonyl (C=O) groups is 3. The molecule has 2 rings (SSSR count). The zero-order valence-electron chi connectivity index (χ0n) is 14.7. The lowest BCUT2D eigenvalue weighted by atomic mass is 10.0. The molecule has 5 nitrogen and oxygen atoms in total. The molecule has 1 aliphatic rings. The monoisotopic (exact) mass is 330 g/mol. The topological polar surface area (TPSA) is 57.7 Å². The maximum atomic E-state index is 12.4. The van der Waals surface area contributed by atoms with Gasteiger partial charge in [0.05, 0.1) is 0 Å². The summed E-state index contributed by atoms with van der Waals surface area (Å²) >= 11 is 0. The van der Waals surface area contributed by atoms with Crippen molar-refractivity contribution in [2.75, 3.05) is 19.6 Å². The SMILES string of the molecule is CCC(C)C(=O)C(=O)N1CCC(=O)N(Cc2ccccc2C)CC1. The maximum Gasteiger partial charge on any atom is 0.290 e. The first-order chi connectivity index (χ1) is 11.4. The number of benzene rings is 1. The molecule has 2 amide bonds. The maximum absolute atomic E-state index is 12.4. The first kappa shape index (κ1) is 18.2. The van der Waals surface area contributed by atoms with Crippen molar-refractivity contribution in [1.29, 1.82) is 0 Å². The van der Waals surface area contributed by atoms with Crippen molar-refractivity contribution in [2.45, 2.75) is 40.2 Å². The zero-order chi connectivity index (χ0) is 17.7. The fraction of sp³-hybridized carbons (Fsp3) is 0.526. The van der Waals surface area contributed by atoms with Gasteiger partial charge in [0.15, 0.2) is 0 Å². The largest absolute Gasteiger partial charge is 0.337 e. The Morgan fingerprint density at radius 2 is 1.88 bits per heavy atom. The fourth-order valence-corrected chi connectivity index (χ4v) is 2.78. The minimum atomic E-state index is -0.449. The van der Waals surface area contributed by atoms with Crippen LogP contribution in [0.1, 0.15) is 37.8 Å². The molecule has 1 aliphatic heterocycles. The second kappa shape index (κ2) is 8.08. The normalized spacial score (nSPS) is 16.7. The van der Waals surface area contributed by atoms with Gasteiger partial charge in [-0.2, -0.15) is 0 Å². The summed E-state index contributed by atoms with van der Waals surface area (Å²) < 4.78 is 0. The Balaban J connectivity index is 2.03. The van der Waals surface area contributed by atoms with Gasteiger partial charge in [0.1, 0.15) is 0 Å². The third-order valence-electron chi connectivity index (χ3n) is 4.77. The summed E-state index contributed by atoms with van der Waals surface area (Å²) in [7, 11) is 0. The van der Waals surface area contributed by atoms with Gasteiger partial charge in [-0.25, -0.2) is 0 Å². The number of nitrogens with zero attached hydrogens (tertiary/aromatic N) is 2. The van der Waals surface area contributed by atoms with Crippen molar-refractivity contribution in [2.24, 2.45) is 5.92 Å². The summed E-state index contributed by atoms with van der Waals surface area (Å²) in [6, 6.07) is 7.98. The van der Waals surface area contributed by atoms with Crippen LogP contribution in [-0.2, 0) is 20.9 Å². The van der Waals surface area contributed by atoms with Crippen molar-refractivity contribution >= 4 is 17.6 Å². The number of ketones is 1. The lowest BCUT2D eigenvalue weighted by Crippen LogP contribution is -2.41. The van der Waals surface area contributed by atoms with Crippen molar-refractivity contribution in [1.82, 2.24) is 9.80 Å². The van der Waals surface area contributed by atoms with E-state index in [1.165, 1.54) is 4.90 Å². The summed E-state index contributed by atoms with van der Waals surface area (Å²) in [5.41, 5.74) is 2.26. The van der Waals surface area contributed by atoms with Crippen LogP contribution in [0.5, 0.6) is 0 Å². The Kier molecular flexibility index (Phi) is 6.12. The molecule has 1 aromatic carbocycles. The van der Waals surface area contributed by atoms with Crippen LogP contribution in [0.2, 0.25) is 0 Å². The molecule has 0 aliphatic carbocycles. The van der Waals surface area contributed by atoms with Gasteiger partial charge >= 0.3 is 0 Å². The van der Waals surface area contributed by atoms with E-state index in [1.54, 1.807) is 11.8 Å². The van der Waals surface area contributed by atoms with E-state index in [4.69, 9.17) is 0 Å². The van der Waals surface area contributed by atoms with Gasteiger partial charge in [-0.05, 0) is 24.5 Å². The number of rotatable bonds is 5. The molecule has 24 heavy (non-hydrogen) atoms. The van der Waals surface area contributed by atoms with Crippen molar-refractivity contribution in [3.05, 3.63) is 35.4 Å². The predicted octanol–water partition coefficient (Wildman–Crippen LogP) is 2.17. The lowest BCUT2D eigenvalue weighted by molar-refractivity contribution is -0.146. The Morgan fingerprint density at radius 1 is 1.17 bits per heavy atom. The highest BCUT2D eigenvalue weighted by molar-refractivity contribution is 6.36. The second-order valence-electron chi connectivity index (χ2n) is 6.46. The average molecular weight is 330 g/mol. The van der Waals surface area contributed by atoms with Crippen LogP contribution >= 0.6 is 0 Å². The van der Waals surface area contributed by atoms with E-state index in [-0.39, 0.29) is 24.0 Å². The first-order valence-electron chi connectivity index (χ1n) is 8.59. The molecule has 5 heteroatoms. The van der Waals surface area contributed by atoms with E-state index in [1.807, 2.05) is 38.1 Å². The number of aryl methyl sites for hydroxylation is 1. The van der Waals surface area contributed by atoms with Crippen molar-refractivity contribution < 1.29 is 14.4 Å². The molecule has 1 aromatic rings. The van der Waals surface area contributed by atoms with Crippen LogP contribution in [-0.4, -0.2) is 47.0 Å². The summed E-state index contributed by atoms with van der Waals surface area (Å²) in [5, 5.41) is 0. The molecule has 1 unspecified atom stereocenters. The minimum Gasteiger partial charge on any atom is -0.337 e. The summed E-state index contributed by atoms with van der Waals surface area (Å²) in [6.07, 6.45) is 0.919. The van der Waals surface area contributed by atoms with Crippen LogP contribution in [0, 0.1) is 12.8 Å². The molecule has 130 valence electrons. The van der Waals surface area contributed by atoms with Crippen molar-refractivity contribution in [3.63, 3.8) is 0 Å². The molecule has 0 bridgehead atoms. The van der Waals surface area contributed by atoms with E-state index in [9.17, 15) is 14.4 Å².